The second kappa shape index (κ2) is 11.4. The van der Waals surface area contributed by atoms with Crippen molar-refractivity contribution in [2.45, 2.75) is 58.9 Å². The van der Waals surface area contributed by atoms with Gasteiger partial charge in [-0.3, -0.25) is 9.78 Å². The molecule has 0 aliphatic heterocycles. The fourth-order valence-corrected chi connectivity index (χ4v) is 5.46. The fraction of sp³-hybridized carbons (Fsp3) is 0.481. The zero-order valence-corrected chi connectivity index (χ0v) is 22.2. The quantitative estimate of drug-likeness (QED) is 0.356. The van der Waals surface area contributed by atoms with E-state index in [9.17, 15) is 13.2 Å². The number of furan rings is 1. The normalized spacial score (nSPS) is 12.5. The molecule has 3 rings (SSSR count). The van der Waals surface area contributed by atoms with E-state index in [0.717, 1.165) is 5.39 Å². The summed E-state index contributed by atoms with van der Waals surface area (Å²) in [5.41, 5.74) is 1.21. The van der Waals surface area contributed by atoms with Gasteiger partial charge in [-0.1, -0.05) is 40.7 Å². The van der Waals surface area contributed by atoms with Gasteiger partial charge in [0.25, 0.3) is 0 Å². The lowest BCUT2D eigenvalue weighted by Gasteiger charge is -2.29. The van der Waals surface area contributed by atoms with E-state index in [1.165, 1.54) is 4.31 Å². The van der Waals surface area contributed by atoms with Crippen LogP contribution in [-0.4, -0.2) is 48.1 Å². The van der Waals surface area contributed by atoms with Crippen LogP contribution in [0.1, 0.15) is 53.2 Å². The summed E-state index contributed by atoms with van der Waals surface area (Å²) >= 11 is 0. The number of fused-ring (bicyclic) bond motifs is 1. The molecule has 0 unspecified atom stereocenters. The molecule has 3 aromatic rings. The van der Waals surface area contributed by atoms with Crippen LogP contribution >= 0.6 is 0 Å². The molecular weight excluding hydrogens is 462 g/mol. The zero-order valence-electron chi connectivity index (χ0n) is 21.4. The van der Waals surface area contributed by atoms with Crippen LogP contribution in [0.2, 0.25) is 0 Å². The molecule has 0 N–H and O–H groups in total. The summed E-state index contributed by atoms with van der Waals surface area (Å²) < 4.78 is 34.2. The highest BCUT2D eigenvalue weighted by atomic mass is 32.2. The van der Waals surface area contributed by atoms with E-state index >= 15 is 0 Å². The minimum atomic E-state index is -3.79. The van der Waals surface area contributed by atoms with E-state index in [4.69, 9.17) is 4.42 Å². The maximum absolute atomic E-state index is 13.7. The van der Waals surface area contributed by atoms with Crippen molar-refractivity contribution in [3.05, 3.63) is 60.6 Å². The van der Waals surface area contributed by atoms with Crippen molar-refractivity contribution in [3.63, 3.8) is 0 Å². The summed E-state index contributed by atoms with van der Waals surface area (Å²) in [5, 5.41) is 0.736. The van der Waals surface area contributed by atoms with Gasteiger partial charge in [0.1, 0.15) is 5.58 Å². The highest BCUT2D eigenvalue weighted by Gasteiger charge is 2.27. The van der Waals surface area contributed by atoms with Gasteiger partial charge in [-0.15, -0.1) is 0 Å². The number of hydrogen-bond donors (Lipinski definition) is 0. The number of pyridine rings is 1. The number of hydrogen-bond acceptors (Lipinski definition) is 5. The van der Waals surface area contributed by atoms with Gasteiger partial charge in [-0.05, 0) is 54.2 Å². The lowest BCUT2D eigenvalue weighted by Crippen LogP contribution is -2.39. The molecular formula is C27H37N3O4S. The van der Waals surface area contributed by atoms with Gasteiger partial charge in [-0.25, -0.2) is 8.42 Å². The highest BCUT2D eigenvalue weighted by Crippen LogP contribution is 2.24. The Balaban J connectivity index is 1.80. The van der Waals surface area contributed by atoms with Crippen LogP contribution in [0.5, 0.6) is 0 Å². The van der Waals surface area contributed by atoms with Gasteiger partial charge >= 0.3 is 0 Å². The molecule has 0 bridgehead atoms. The summed E-state index contributed by atoms with van der Waals surface area (Å²) in [6.07, 6.45) is 4.20. The summed E-state index contributed by atoms with van der Waals surface area (Å²) in [6, 6.07) is 12.1. The van der Waals surface area contributed by atoms with Gasteiger partial charge in [0.05, 0.1) is 23.4 Å². The lowest BCUT2D eigenvalue weighted by atomic mass is 9.91. The van der Waals surface area contributed by atoms with Crippen LogP contribution in [0, 0.1) is 11.3 Å². The number of carbonyl (C=O) groups excluding carboxylic acids is 1. The van der Waals surface area contributed by atoms with Crippen molar-refractivity contribution in [3.8, 4) is 0 Å². The summed E-state index contributed by atoms with van der Waals surface area (Å²) in [7, 11) is -3.79. The Morgan fingerprint density at radius 1 is 1.09 bits per heavy atom. The average molecular weight is 500 g/mol. The number of benzene rings is 1. The van der Waals surface area contributed by atoms with E-state index in [1.54, 1.807) is 42.8 Å². The number of rotatable bonds is 11. The molecule has 0 fully saturated rings. The zero-order chi connectivity index (χ0) is 25.6. The largest absolute Gasteiger partial charge is 0.464 e. The Morgan fingerprint density at radius 2 is 1.86 bits per heavy atom. The minimum Gasteiger partial charge on any atom is -0.464 e. The first-order chi connectivity index (χ1) is 16.5. The molecule has 0 atom stereocenters. The smallest absolute Gasteiger partial charge is 0.243 e. The second-order valence-corrected chi connectivity index (χ2v) is 12.5. The van der Waals surface area contributed by atoms with Crippen molar-refractivity contribution in [2.75, 3.05) is 19.6 Å². The molecule has 0 saturated heterocycles. The Labute approximate surface area is 209 Å². The van der Waals surface area contributed by atoms with E-state index in [-0.39, 0.29) is 29.3 Å². The molecule has 8 heteroatoms. The molecule has 0 saturated carbocycles. The number of nitrogens with zero attached hydrogens (tertiary/aromatic N) is 3. The van der Waals surface area contributed by atoms with Gasteiger partial charge in [-0.2, -0.15) is 4.31 Å². The first kappa shape index (κ1) is 26.9. The lowest BCUT2D eigenvalue weighted by molar-refractivity contribution is -0.133. The molecule has 1 aromatic carbocycles. The van der Waals surface area contributed by atoms with Crippen molar-refractivity contribution in [1.29, 1.82) is 0 Å². The number of amides is 1. The molecule has 0 spiro atoms. The third-order valence-corrected chi connectivity index (χ3v) is 7.42. The van der Waals surface area contributed by atoms with Crippen molar-refractivity contribution in [2.24, 2.45) is 11.3 Å². The Bertz CT molecular complexity index is 1210. The molecule has 0 radical (unpaired) electrons. The van der Waals surface area contributed by atoms with Gasteiger partial charge in [0, 0.05) is 37.6 Å². The number of carbonyl (C=O) groups is 1. The molecule has 2 heterocycles. The maximum atomic E-state index is 13.7. The van der Waals surface area contributed by atoms with Crippen LogP contribution < -0.4 is 0 Å². The molecule has 190 valence electrons. The average Bonchev–Trinajstić information content (AvgIpc) is 3.25. The minimum absolute atomic E-state index is 0.105. The molecule has 7 nitrogen and oxygen atoms in total. The highest BCUT2D eigenvalue weighted by molar-refractivity contribution is 7.89. The van der Waals surface area contributed by atoms with E-state index < -0.39 is 10.0 Å². The monoisotopic (exact) mass is 499 g/mol. The Hall–Kier alpha value is -2.71. The number of aromatic nitrogens is 1. The first-order valence-corrected chi connectivity index (χ1v) is 13.5. The third-order valence-electron chi connectivity index (χ3n) is 5.58. The summed E-state index contributed by atoms with van der Waals surface area (Å²) in [4.78, 5) is 19.4. The predicted octanol–water partition coefficient (Wildman–Crippen LogP) is 5.33. The van der Waals surface area contributed by atoms with E-state index in [2.05, 4.69) is 39.6 Å². The maximum Gasteiger partial charge on any atom is 0.243 e. The van der Waals surface area contributed by atoms with Crippen molar-refractivity contribution >= 4 is 26.9 Å². The van der Waals surface area contributed by atoms with Crippen LogP contribution in [0.15, 0.2) is 64.2 Å². The standard InChI is InChI=1S/C27H37N3O4S/c1-21(2)19-29(26(31)18-27(3,4)5)14-8-15-30(20-23-9-6-7-13-28-23)35(32,33)24-10-11-25-22(17-24)12-16-34-25/h6-7,9-13,16-17,21H,8,14-15,18-20H2,1-5H3. The predicted molar refractivity (Wildman–Crippen MR) is 138 cm³/mol. The molecule has 2 aromatic heterocycles. The summed E-state index contributed by atoms with van der Waals surface area (Å²) in [5.74, 6) is 0.435. The molecule has 0 aliphatic carbocycles. The SMILES string of the molecule is CC(C)CN(CCCN(Cc1ccccn1)S(=O)(=O)c1ccc2occc2c1)C(=O)CC(C)(C)C. The topological polar surface area (TPSA) is 83.7 Å². The summed E-state index contributed by atoms with van der Waals surface area (Å²) in [6.45, 7) is 11.9. The van der Waals surface area contributed by atoms with Gasteiger partial charge < -0.3 is 9.32 Å². The van der Waals surface area contributed by atoms with Gasteiger partial charge in [0.2, 0.25) is 15.9 Å². The van der Waals surface area contributed by atoms with E-state index in [1.807, 2.05) is 17.0 Å². The Kier molecular flexibility index (Phi) is 8.72. The molecule has 0 aliphatic rings. The molecule has 1 amide bonds. The number of sulfonamides is 1. The van der Waals surface area contributed by atoms with Crippen LogP contribution in [0.3, 0.4) is 0 Å². The van der Waals surface area contributed by atoms with Gasteiger partial charge in [0.15, 0.2) is 0 Å². The van der Waals surface area contributed by atoms with Crippen LogP contribution in [0.4, 0.5) is 0 Å². The first-order valence-electron chi connectivity index (χ1n) is 12.1. The van der Waals surface area contributed by atoms with Crippen LogP contribution in [0.25, 0.3) is 11.0 Å². The third kappa shape index (κ3) is 7.64. The Morgan fingerprint density at radius 3 is 2.51 bits per heavy atom. The fourth-order valence-electron chi connectivity index (χ4n) is 3.97. The second-order valence-electron chi connectivity index (χ2n) is 10.6. The van der Waals surface area contributed by atoms with Crippen molar-refractivity contribution < 1.29 is 17.6 Å². The van der Waals surface area contributed by atoms with Crippen molar-refractivity contribution in [1.82, 2.24) is 14.2 Å². The van der Waals surface area contributed by atoms with Crippen LogP contribution in [-0.2, 0) is 21.4 Å². The molecule has 35 heavy (non-hydrogen) atoms. The van der Waals surface area contributed by atoms with E-state index in [0.29, 0.717) is 43.1 Å².